The molecule has 0 bridgehead atoms. The number of thiol groups is 1. The van der Waals surface area contributed by atoms with Gasteiger partial charge in [-0.15, -0.1) is 0 Å². The molecule has 13 heavy (non-hydrogen) atoms. The van der Waals surface area contributed by atoms with Crippen LogP contribution in [0.2, 0.25) is 0 Å². The molecule has 1 aromatic rings. The van der Waals surface area contributed by atoms with Crippen LogP contribution in [0.3, 0.4) is 0 Å². The minimum absolute atomic E-state index is 0.126. The molecule has 0 aliphatic carbocycles. The van der Waals surface area contributed by atoms with E-state index >= 15 is 0 Å². The summed E-state index contributed by atoms with van der Waals surface area (Å²) in [5, 5.41) is 2.56. The number of hydrogen-bond acceptors (Lipinski definition) is 4. The smallest absolute Gasteiger partial charge is 0.227 e. The molecule has 2 N–H and O–H groups in total. The molecule has 6 heteroatoms. The van der Waals surface area contributed by atoms with Crippen molar-refractivity contribution in [1.29, 1.82) is 0 Å². The van der Waals surface area contributed by atoms with E-state index in [2.05, 4.69) is 27.9 Å². The topological polar surface area (TPSA) is 57.8 Å². The number of hydrogen-bond donors (Lipinski definition) is 3. The van der Waals surface area contributed by atoms with Gasteiger partial charge in [-0.2, -0.15) is 12.6 Å². The van der Waals surface area contributed by atoms with Crippen LogP contribution in [0.1, 0.15) is 6.42 Å². The van der Waals surface area contributed by atoms with Crippen LogP contribution < -0.4 is 5.32 Å². The minimum Gasteiger partial charge on any atom is -0.317 e. The first-order chi connectivity index (χ1) is 6.22. The predicted octanol–water partition coefficient (Wildman–Crippen LogP) is 1.40. The Morgan fingerprint density at radius 3 is 3.15 bits per heavy atom. The molecular weight excluding hydrogens is 206 g/mol. The molecule has 0 aliphatic rings. The molecule has 0 atom stereocenters. The summed E-state index contributed by atoms with van der Waals surface area (Å²) in [6, 6.07) is 1.64. The fourth-order valence-electron chi connectivity index (χ4n) is 0.730. The Bertz CT molecular complexity index is 350. The second-order valence-corrected chi connectivity index (χ2v) is 3.19. The number of aromatic nitrogens is 2. The van der Waals surface area contributed by atoms with Crippen molar-refractivity contribution in [3.05, 3.63) is 16.9 Å². The summed E-state index contributed by atoms with van der Waals surface area (Å²) in [5.41, 5.74) is 0. The van der Waals surface area contributed by atoms with E-state index in [9.17, 15) is 4.79 Å². The van der Waals surface area contributed by atoms with Crippen LogP contribution in [0.25, 0.3) is 0 Å². The lowest BCUT2D eigenvalue weighted by Gasteiger charge is -2.01. The molecule has 0 fully saturated rings. The van der Waals surface area contributed by atoms with Crippen LogP contribution >= 0.6 is 24.8 Å². The summed E-state index contributed by atoms with van der Waals surface area (Å²) in [7, 11) is 0. The van der Waals surface area contributed by atoms with Gasteiger partial charge in [0.1, 0.15) is 4.64 Å². The number of carbonyl (C=O) groups excluding carboxylic acids is 1. The quantitative estimate of drug-likeness (QED) is 0.527. The molecule has 0 saturated heterocycles. The highest BCUT2D eigenvalue weighted by Crippen LogP contribution is 1.97. The normalized spacial score (nSPS) is 9.62. The summed E-state index contributed by atoms with van der Waals surface area (Å²) >= 11 is 8.79. The number of amides is 1. The van der Waals surface area contributed by atoms with Gasteiger partial charge >= 0.3 is 0 Å². The van der Waals surface area contributed by atoms with Crippen molar-refractivity contribution < 1.29 is 4.79 Å². The Hall–Kier alpha value is -0.880. The van der Waals surface area contributed by atoms with Gasteiger partial charge in [0.15, 0.2) is 0 Å². The fraction of sp³-hybridized carbons (Fsp3) is 0.286. The number of H-pyrrole nitrogens is 1. The zero-order valence-corrected chi connectivity index (χ0v) is 8.49. The molecule has 1 heterocycles. The van der Waals surface area contributed by atoms with Crippen LogP contribution in [0.15, 0.2) is 12.3 Å². The number of aromatic amines is 1. The number of rotatable bonds is 3. The van der Waals surface area contributed by atoms with Crippen molar-refractivity contribution in [2.24, 2.45) is 0 Å². The largest absolute Gasteiger partial charge is 0.317 e. The monoisotopic (exact) mass is 215 g/mol. The summed E-state index contributed by atoms with van der Waals surface area (Å²) in [6.07, 6.45) is 1.90. The second-order valence-electron chi connectivity index (χ2n) is 2.30. The van der Waals surface area contributed by atoms with Gasteiger partial charge in [0, 0.05) is 12.6 Å². The molecule has 0 saturated carbocycles. The average Bonchev–Trinajstić information content (AvgIpc) is 2.04. The summed E-state index contributed by atoms with van der Waals surface area (Å²) in [6.45, 7) is 0. The first-order valence-corrected chi connectivity index (χ1v) is 4.72. The van der Waals surface area contributed by atoms with Gasteiger partial charge in [-0.25, -0.2) is 4.98 Å². The SMILES string of the molecule is O=C(CCS)Nc1nccc(=S)[nH]1. The standard InChI is InChI=1S/C7H9N3OS2/c11-5(2-4-12)9-7-8-3-1-6(13)10-7/h1,3,12H,2,4H2,(H2,8,9,10,11,13). The van der Waals surface area contributed by atoms with E-state index in [-0.39, 0.29) is 5.91 Å². The zero-order chi connectivity index (χ0) is 9.68. The lowest BCUT2D eigenvalue weighted by atomic mass is 10.4. The third kappa shape index (κ3) is 3.56. The van der Waals surface area contributed by atoms with E-state index in [0.29, 0.717) is 22.8 Å². The highest BCUT2D eigenvalue weighted by molar-refractivity contribution is 7.80. The molecular formula is C7H9N3OS2. The third-order valence-corrected chi connectivity index (χ3v) is 1.73. The Morgan fingerprint density at radius 1 is 1.77 bits per heavy atom. The summed E-state index contributed by atoms with van der Waals surface area (Å²) < 4.78 is 0.538. The van der Waals surface area contributed by atoms with E-state index < -0.39 is 0 Å². The fourth-order valence-corrected chi connectivity index (χ4v) is 1.09. The zero-order valence-electron chi connectivity index (χ0n) is 6.78. The van der Waals surface area contributed by atoms with Gasteiger partial charge in [-0.05, 0) is 11.8 Å². The number of nitrogens with one attached hydrogen (secondary N) is 2. The van der Waals surface area contributed by atoms with E-state index in [4.69, 9.17) is 12.2 Å². The molecule has 1 amide bonds. The molecule has 0 radical (unpaired) electrons. The molecule has 1 aromatic heterocycles. The van der Waals surface area contributed by atoms with Crippen molar-refractivity contribution in [3.63, 3.8) is 0 Å². The van der Waals surface area contributed by atoms with Crippen LogP contribution in [-0.2, 0) is 4.79 Å². The summed E-state index contributed by atoms with van der Waals surface area (Å²) in [5.74, 6) is 0.762. The van der Waals surface area contributed by atoms with Crippen molar-refractivity contribution >= 4 is 36.7 Å². The van der Waals surface area contributed by atoms with E-state index in [1.54, 1.807) is 6.07 Å². The van der Waals surface area contributed by atoms with Crippen LogP contribution in [0, 0.1) is 4.64 Å². The van der Waals surface area contributed by atoms with Gasteiger partial charge in [0.2, 0.25) is 11.9 Å². The van der Waals surface area contributed by atoms with Crippen molar-refractivity contribution in [3.8, 4) is 0 Å². The Morgan fingerprint density at radius 2 is 2.54 bits per heavy atom. The van der Waals surface area contributed by atoms with Crippen molar-refractivity contribution in [2.75, 3.05) is 11.1 Å². The molecule has 0 spiro atoms. The first-order valence-electron chi connectivity index (χ1n) is 3.68. The molecule has 1 rings (SSSR count). The predicted molar refractivity (Wildman–Crippen MR) is 56.5 cm³/mol. The van der Waals surface area contributed by atoms with Gasteiger partial charge in [-0.1, -0.05) is 12.2 Å². The maximum Gasteiger partial charge on any atom is 0.227 e. The second kappa shape index (κ2) is 4.98. The lowest BCUT2D eigenvalue weighted by Crippen LogP contribution is -2.13. The van der Waals surface area contributed by atoms with E-state index in [1.165, 1.54) is 6.20 Å². The Balaban J connectivity index is 2.64. The van der Waals surface area contributed by atoms with Crippen molar-refractivity contribution in [2.45, 2.75) is 6.42 Å². The number of anilines is 1. The summed E-state index contributed by atoms with van der Waals surface area (Å²) in [4.78, 5) is 17.7. The Kier molecular flexibility index (Phi) is 3.91. The van der Waals surface area contributed by atoms with Gasteiger partial charge in [0.05, 0.1) is 0 Å². The number of carbonyl (C=O) groups is 1. The molecule has 0 unspecified atom stereocenters. The molecule has 0 aromatic carbocycles. The molecule has 0 aliphatic heterocycles. The first kappa shape index (κ1) is 10.2. The maximum atomic E-state index is 11.1. The van der Waals surface area contributed by atoms with Crippen LogP contribution in [0.4, 0.5) is 5.95 Å². The molecule has 70 valence electrons. The van der Waals surface area contributed by atoms with Gasteiger partial charge in [0.25, 0.3) is 0 Å². The highest BCUT2D eigenvalue weighted by Gasteiger charge is 2.00. The highest BCUT2D eigenvalue weighted by atomic mass is 32.1. The third-order valence-electron chi connectivity index (χ3n) is 1.27. The average molecular weight is 215 g/mol. The van der Waals surface area contributed by atoms with Gasteiger partial charge in [-0.3, -0.25) is 10.1 Å². The van der Waals surface area contributed by atoms with Crippen LogP contribution in [0.5, 0.6) is 0 Å². The van der Waals surface area contributed by atoms with Crippen LogP contribution in [-0.4, -0.2) is 21.6 Å². The van der Waals surface area contributed by atoms with E-state index in [0.717, 1.165) is 0 Å². The van der Waals surface area contributed by atoms with E-state index in [1.807, 2.05) is 0 Å². The maximum absolute atomic E-state index is 11.1. The Labute approximate surface area is 86.2 Å². The van der Waals surface area contributed by atoms with Crippen molar-refractivity contribution in [1.82, 2.24) is 9.97 Å². The lowest BCUT2D eigenvalue weighted by molar-refractivity contribution is -0.115. The number of nitrogens with zero attached hydrogens (tertiary/aromatic N) is 1. The molecule has 4 nitrogen and oxygen atoms in total. The van der Waals surface area contributed by atoms with Gasteiger partial charge < -0.3 is 4.98 Å². The minimum atomic E-state index is -0.126.